The van der Waals surface area contributed by atoms with E-state index in [0.29, 0.717) is 6.10 Å². The van der Waals surface area contributed by atoms with Crippen molar-refractivity contribution < 1.29 is 4.74 Å². The fourth-order valence-electron chi connectivity index (χ4n) is 2.02. The maximum absolute atomic E-state index is 5.67. The average Bonchev–Trinajstić information content (AvgIpc) is 2.33. The number of pyridine rings is 1. The van der Waals surface area contributed by atoms with Gasteiger partial charge in [-0.05, 0) is 43.4 Å². The molecule has 0 spiro atoms. The van der Waals surface area contributed by atoms with Crippen molar-refractivity contribution in [2.75, 3.05) is 13.2 Å². The minimum absolute atomic E-state index is 0.408. The summed E-state index contributed by atoms with van der Waals surface area (Å²) < 4.78 is 5.67. The van der Waals surface area contributed by atoms with Gasteiger partial charge in [-0.3, -0.25) is 4.98 Å². The van der Waals surface area contributed by atoms with Crippen molar-refractivity contribution in [2.45, 2.75) is 38.8 Å². The molecule has 3 nitrogen and oxygen atoms in total. The van der Waals surface area contributed by atoms with Gasteiger partial charge in [0.2, 0.25) is 0 Å². The molecule has 0 saturated carbocycles. The number of nitrogens with zero attached hydrogens (tertiary/aromatic N) is 1. The molecule has 3 heteroatoms. The highest BCUT2D eigenvalue weighted by atomic mass is 16.5. The molecule has 1 aliphatic heterocycles. The van der Waals surface area contributed by atoms with Crippen LogP contribution in [0.4, 0.5) is 0 Å². The highest BCUT2D eigenvalue weighted by Gasteiger charge is 2.12. The van der Waals surface area contributed by atoms with Crippen LogP contribution in [-0.2, 0) is 11.3 Å². The lowest BCUT2D eigenvalue weighted by atomic mass is 10.1. The zero-order valence-corrected chi connectivity index (χ0v) is 9.91. The van der Waals surface area contributed by atoms with Crippen LogP contribution in [0.5, 0.6) is 0 Å². The van der Waals surface area contributed by atoms with E-state index in [1.807, 2.05) is 18.5 Å². The molecule has 0 radical (unpaired) electrons. The zero-order chi connectivity index (χ0) is 11.2. The summed E-state index contributed by atoms with van der Waals surface area (Å²) in [5.74, 6) is 0. The first kappa shape index (κ1) is 11.6. The van der Waals surface area contributed by atoms with Gasteiger partial charge in [0.25, 0.3) is 0 Å². The van der Waals surface area contributed by atoms with Crippen LogP contribution in [0.25, 0.3) is 0 Å². The van der Waals surface area contributed by atoms with Gasteiger partial charge in [0.15, 0.2) is 0 Å². The molecule has 0 bridgehead atoms. The number of ether oxygens (including phenoxy) is 1. The molecule has 2 rings (SSSR count). The molecule has 1 unspecified atom stereocenters. The predicted molar refractivity (Wildman–Crippen MR) is 64.3 cm³/mol. The monoisotopic (exact) mass is 220 g/mol. The number of aryl methyl sites for hydroxylation is 1. The Morgan fingerprint density at radius 2 is 2.44 bits per heavy atom. The Morgan fingerprint density at radius 1 is 1.50 bits per heavy atom. The fraction of sp³-hybridized carbons (Fsp3) is 0.615. The van der Waals surface area contributed by atoms with Gasteiger partial charge in [-0.2, -0.15) is 0 Å². The molecule has 1 fully saturated rings. The highest BCUT2D eigenvalue weighted by molar-refractivity contribution is 5.20. The van der Waals surface area contributed by atoms with E-state index in [1.54, 1.807) is 0 Å². The minimum atomic E-state index is 0.408. The van der Waals surface area contributed by atoms with Crippen molar-refractivity contribution in [1.82, 2.24) is 10.3 Å². The average molecular weight is 220 g/mol. The van der Waals surface area contributed by atoms with Crippen LogP contribution in [0.1, 0.15) is 30.4 Å². The van der Waals surface area contributed by atoms with Crippen LogP contribution in [-0.4, -0.2) is 24.2 Å². The minimum Gasteiger partial charge on any atom is -0.377 e. The van der Waals surface area contributed by atoms with E-state index in [4.69, 9.17) is 4.74 Å². The number of rotatable bonds is 4. The van der Waals surface area contributed by atoms with E-state index in [9.17, 15) is 0 Å². The van der Waals surface area contributed by atoms with Gasteiger partial charge in [0.1, 0.15) is 0 Å². The van der Waals surface area contributed by atoms with Crippen LogP contribution in [0.2, 0.25) is 0 Å². The van der Waals surface area contributed by atoms with Crippen molar-refractivity contribution in [3.8, 4) is 0 Å². The summed E-state index contributed by atoms with van der Waals surface area (Å²) in [6.45, 7) is 4.89. The molecule has 2 heterocycles. The maximum atomic E-state index is 5.67. The van der Waals surface area contributed by atoms with Crippen molar-refractivity contribution in [3.05, 3.63) is 29.6 Å². The summed E-state index contributed by atoms with van der Waals surface area (Å²) in [6, 6.07) is 2.05. The largest absolute Gasteiger partial charge is 0.377 e. The molecule has 0 aromatic carbocycles. The lowest BCUT2D eigenvalue weighted by Gasteiger charge is -2.22. The molecule has 0 aliphatic carbocycles. The van der Waals surface area contributed by atoms with Crippen LogP contribution >= 0.6 is 0 Å². The molecule has 1 saturated heterocycles. The Hall–Kier alpha value is -0.930. The number of hydrogen-bond donors (Lipinski definition) is 1. The van der Waals surface area contributed by atoms with E-state index in [2.05, 4.69) is 17.2 Å². The standard InChI is InChI=1S/C13H20N2O/c1-11-5-6-14-8-12(11)9-15-10-13-4-2-3-7-16-13/h5-6,8,13,15H,2-4,7,9-10H2,1H3. The molecule has 1 aromatic rings. The molecule has 1 atom stereocenters. The van der Waals surface area contributed by atoms with Crippen molar-refractivity contribution in [1.29, 1.82) is 0 Å². The molecule has 88 valence electrons. The Bertz CT molecular complexity index is 321. The smallest absolute Gasteiger partial charge is 0.0699 e. The fourth-order valence-corrected chi connectivity index (χ4v) is 2.02. The lowest BCUT2D eigenvalue weighted by molar-refractivity contribution is 0.0168. The summed E-state index contributed by atoms with van der Waals surface area (Å²) in [7, 11) is 0. The van der Waals surface area contributed by atoms with Crippen molar-refractivity contribution in [2.24, 2.45) is 0 Å². The SMILES string of the molecule is Cc1ccncc1CNCC1CCCCO1. The molecule has 1 N–H and O–H groups in total. The molecular formula is C13H20N2O. The summed E-state index contributed by atoms with van der Waals surface area (Å²) in [4.78, 5) is 4.14. The molecule has 1 aliphatic rings. The Labute approximate surface area is 97.2 Å². The second-order valence-corrected chi connectivity index (χ2v) is 4.42. The highest BCUT2D eigenvalue weighted by Crippen LogP contribution is 2.12. The Balaban J connectivity index is 1.73. The van der Waals surface area contributed by atoms with Crippen molar-refractivity contribution >= 4 is 0 Å². The van der Waals surface area contributed by atoms with Gasteiger partial charge in [0, 0.05) is 32.1 Å². The quantitative estimate of drug-likeness (QED) is 0.843. The Kier molecular flexibility index (Phi) is 4.31. The van der Waals surface area contributed by atoms with Gasteiger partial charge >= 0.3 is 0 Å². The molecule has 16 heavy (non-hydrogen) atoms. The molecular weight excluding hydrogens is 200 g/mol. The predicted octanol–water partition coefficient (Wildman–Crippen LogP) is 2.05. The second kappa shape index (κ2) is 5.97. The van der Waals surface area contributed by atoms with E-state index >= 15 is 0 Å². The maximum Gasteiger partial charge on any atom is 0.0699 e. The van der Waals surface area contributed by atoms with E-state index in [1.165, 1.54) is 30.4 Å². The number of hydrogen-bond acceptors (Lipinski definition) is 3. The normalized spacial score (nSPS) is 20.9. The first-order valence-electron chi connectivity index (χ1n) is 6.08. The van der Waals surface area contributed by atoms with Gasteiger partial charge in [-0.25, -0.2) is 0 Å². The summed E-state index contributed by atoms with van der Waals surface area (Å²) in [5.41, 5.74) is 2.57. The molecule has 0 amide bonds. The van der Waals surface area contributed by atoms with Gasteiger partial charge in [-0.15, -0.1) is 0 Å². The first-order chi connectivity index (χ1) is 7.86. The first-order valence-corrected chi connectivity index (χ1v) is 6.08. The van der Waals surface area contributed by atoms with Gasteiger partial charge in [-0.1, -0.05) is 0 Å². The van der Waals surface area contributed by atoms with E-state index in [0.717, 1.165) is 19.7 Å². The Morgan fingerprint density at radius 3 is 3.19 bits per heavy atom. The van der Waals surface area contributed by atoms with Gasteiger partial charge in [0.05, 0.1) is 6.10 Å². The van der Waals surface area contributed by atoms with Crippen molar-refractivity contribution in [3.63, 3.8) is 0 Å². The van der Waals surface area contributed by atoms with Crippen LogP contribution < -0.4 is 5.32 Å². The third-order valence-corrected chi connectivity index (χ3v) is 3.11. The third-order valence-electron chi connectivity index (χ3n) is 3.11. The van der Waals surface area contributed by atoms with Crippen LogP contribution in [0.15, 0.2) is 18.5 Å². The van der Waals surface area contributed by atoms with E-state index in [-0.39, 0.29) is 0 Å². The van der Waals surface area contributed by atoms with Gasteiger partial charge < -0.3 is 10.1 Å². The lowest BCUT2D eigenvalue weighted by Crippen LogP contribution is -2.31. The summed E-state index contributed by atoms with van der Waals surface area (Å²) in [6.07, 6.45) is 7.90. The van der Waals surface area contributed by atoms with E-state index < -0.39 is 0 Å². The summed E-state index contributed by atoms with van der Waals surface area (Å²) >= 11 is 0. The molecule has 1 aromatic heterocycles. The van der Waals surface area contributed by atoms with Crippen LogP contribution in [0.3, 0.4) is 0 Å². The topological polar surface area (TPSA) is 34.2 Å². The zero-order valence-electron chi connectivity index (χ0n) is 9.91. The third kappa shape index (κ3) is 3.29. The number of aromatic nitrogens is 1. The number of nitrogens with one attached hydrogen (secondary N) is 1. The second-order valence-electron chi connectivity index (χ2n) is 4.42. The summed E-state index contributed by atoms with van der Waals surface area (Å²) in [5, 5.41) is 3.45. The van der Waals surface area contributed by atoms with Crippen LogP contribution in [0, 0.1) is 6.92 Å².